The number of hydrogen-bond acceptors (Lipinski definition) is 12. The van der Waals surface area contributed by atoms with Crippen LogP contribution in [-0.4, -0.2) is 94.5 Å². The Balaban J connectivity index is 1.57. The normalized spacial score (nSPS) is 16.4. The Morgan fingerprint density at radius 1 is 1.10 bits per heavy atom. The topological polar surface area (TPSA) is 178 Å². The van der Waals surface area contributed by atoms with Crippen LogP contribution in [0.15, 0.2) is 58.7 Å². The van der Waals surface area contributed by atoms with Crippen LogP contribution >= 0.6 is 11.6 Å². The number of benzene rings is 2. The number of methoxy groups -OCH3 is 2. The van der Waals surface area contributed by atoms with Gasteiger partial charge in [-0.05, 0) is 30.7 Å². The number of carbonyl (C=O) groups excluding carboxylic acids is 3. The minimum absolute atomic E-state index is 0.00227. The molecule has 0 fully saturated rings. The molecule has 14 heteroatoms. The Bertz CT molecular complexity index is 1550. The number of esters is 2. The van der Waals surface area contributed by atoms with Crippen molar-refractivity contribution in [2.75, 3.05) is 53.7 Å². The molecule has 2 aromatic rings. The highest BCUT2D eigenvalue weighted by Gasteiger charge is 2.43. The summed E-state index contributed by atoms with van der Waals surface area (Å²) in [5, 5.41) is 25.7. The van der Waals surface area contributed by atoms with Crippen LogP contribution in [0.1, 0.15) is 37.8 Å². The highest BCUT2D eigenvalue weighted by atomic mass is 35.5. The molecule has 3 N–H and O–H groups in total. The lowest BCUT2D eigenvalue weighted by Crippen LogP contribution is -2.37. The molecule has 258 valence electrons. The number of aliphatic imine (C=N–C) groups is 1. The van der Waals surface area contributed by atoms with Crippen LogP contribution in [0.3, 0.4) is 0 Å². The molecular formula is C34H41ClN4O9. The number of rotatable bonds is 17. The van der Waals surface area contributed by atoms with Crippen molar-refractivity contribution in [2.24, 2.45) is 10.9 Å². The maximum absolute atomic E-state index is 13.1. The van der Waals surface area contributed by atoms with Gasteiger partial charge in [0.2, 0.25) is 0 Å². The maximum atomic E-state index is 13.1. The van der Waals surface area contributed by atoms with Crippen LogP contribution in [0.5, 0.6) is 11.5 Å². The molecule has 0 saturated carbocycles. The van der Waals surface area contributed by atoms with E-state index in [9.17, 15) is 24.8 Å². The molecule has 1 heterocycles. The number of nitrogens with zero attached hydrogens (tertiary/aromatic N) is 2. The van der Waals surface area contributed by atoms with Crippen LogP contribution in [0.25, 0.3) is 0 Å². The van der Waals surface area contributed by atoms with E-state index in [-0.39, 0.29) is 61.6 Å². The lowest BCUT2D eigenvalue weighted by Gasteiger charge is -2.32. The molecule has 0 aliphatic carbocycles. The average Bonchev–Trinajstić information content (AvgIpc) is 3.08. The summed E-state index contributed by atoms with van der Waals surface area (Å²) in [5.41, 5.74) is 1.53. The second kappa shape index (κ2) is 18.8. The highest BCUT2D eigenvalue weighted by molar-refractivity contribution is 6.31. The van der Waals surface area contributed by atoms with E-state index < -0.39 is 35.8 Å². The lowest BCUT2D eigenvalue weighted by atomic mass is 9.75. The summed E-state index contributed by atoms with van der Waals surface area (Å²) >= 11 is 6.50. The lowest BCUT2D eigenvalue weighted by molar-refractivity contribution is -0.143. The third-order valence-electron chi connectivity index (χ3n) is 7.26. The quantitative estimate of drug-likeness (QED) is 0.165. The van der Waals surface area contributed by atoms with Crippen LogP contribution in [0.4, 0.5) is 0 Å². The largest absolute Gasteiger partial charge is 0.489 e. The molecule has 1 amide bonds. The zero-order valence-corrected chi connectivity index (χ0v) is 28.3. The number of hydrogen-bond donors (Lipinski definition) is 3. The fourth-order valence-electron chi connectivity index (χ4n) is 4.95. The molecule has 0 bridgehead atoms. The zero-order chi connectivity index (χ0) is 35.2. The van der Waals surface area contributed by atoms with Crippen molar-refractivity contribution in [3.05, 3.63) is 69.9 Å². The van der Waals surface area contributed by atoms with Gasteiger partial charge in [0, 0.05) is 41.8 Å². The summed E-state index contributed by atoms with van der Waals surface area (Å²) in [6.45, 7) is 5.70. The van der Waals surface area contributed by atoms with Gasteiger partial charge in [-0.25, -0.2) is 4.79 Å². The van der Waals surface area contributed by atoms with Crippen LogP contribution in [0.2, 0.25) is 5.02 Å². The second-order valence-electron chi connectivity index (χ2n) is 11.1. The van der Waals surface area contributed by atoms with Crippen LogP contribution in [-0.2, 0) is 28.6 Å². The Morgan fingerprint density at radius 3 is 2.52 bits per heavy atom. The van der Waals surface area contributed by atoms with Gasteiger partial charge < -0.3 is 39.4 Å². The van der Waals surface area contributed by atoms with Crippen molar-refractivity contribution in [3.63, 3.8) is 0 Å². The summed E-state index contributed by atoms with van der Waals surface area (Å²) < 4.78 is 27.0. The van der Waals surface area contributed by atoms with Gasteiger partial charge in [0.25, 0.3) is 5.91 Å². The molecule has 1 aliphatic rings. The standard InChI is InChI=1S/C34H41ClN4O9/c1-20(2)38-16-23(40)17-48-28-11-10-24(14-22(28)15-36)47-19-29(41)37-12-13-46-18-27-32(34(43)45-5)31(25-8-6-7-9-26(25)35)30(21(3)39-27)33(42)44-4/h6-11,14,20,23,30-31,38,40H,12-13,16-19H2,1-5H3,(H,37,41). The molecule has 2 aromatic carbocycles. The van der Waals surface area contributed by atoms with Crippen molar-refractivity contribution < 1.29 is 43.2 Å². The Labute approximate surface area is 284 Å². The number of aliphatic hydroxyl groups excluding tert-OH is 1. The van der Waals surface area contributed by atoms with Crippen molar-refractivity contribution in [3.8, 4) is 17.6 Å². The molecule has 1 aliphatic heterocycles. The van der Waals surface area contributed by atoms with Gasteiger partial charge in [0.1, 0.15) is 36.2 Å². The third-order valence-corrected chi connectivity index (χ3v) is 7.60. The van der Waals surface area contributed by atoms with E-state index in [1.807, 2.05) is 19.9 Å². The zero-order valence-electron chi connectivity index (χ0n) is 27.6. The van der Waals surface area contributed by atoms with Crippen molar-refractivity contribution in [1.82, 2.24) is 10.6 Å². The summed E-state index contributed by atoms with van der Waals surface area (Å²) in [7, 11) is 2.49. The van der Waals surface area contributed by atoms with Crippen molar-refractivity contribution >= 4 is 35.2 Å². The Hall–Kier alpha value is -4.48. The van der Waals surface area contributed by atoms with Gasteiger partial charge >= 0.3 is 11.9 Å². The number of ether oxygens (including phenoxy) is 5. The number of nitrogens with one attached hydrogen (secondary N) is 2. The van der Waals surface area contributed by atoms with Gasteiger partial charge in [-0.1, -0.05) is 43.6 Å². The monoisotopic (exact) mass is 684 g/mol. The molecule has 3 unspecified atom stereocenters. The minimum atomic E-state index is -0.912. The van der Waals surface area contributed by atoms with E-state index >= 15 is 0 Å². The first-order valence-corrected chi connectivity index (χ1v) is 15.6. The third kappa shape index (κ3) is 10.5. The highest BCUT2D eigenvalue weighted by Crippen LogP contribution is 2.42. The Morgan fingerprint density at radius 2 is 1.85 bits per heavy atom. The average molecular weight is 685 g/mol. The number of halogens is 1. The van der Waals surface area contributed by atoms with E-state index in [2.05, 4.69) is 15.6 Å². The summed E-state index contributed by atoms with van der Waals surface area (Å²) in [5.74, 6) is -2.86. The molecule has 0 spiro atoms. The number of amides is 1. The van der Waals surface area contributed by atoms with Gasteiger partial charge in [-0.15, -0.1) is 0 Å². The summed E-state index contributed by atoms with van der Waals surface area (Å²) in [4.78, 5) is 42.8. The predicted molar refractivity (Wildman–Crippen MR) is 177 cm³/mol. The molecule has 3 atom stereocenters. The summed E-state index contributed by atoms with van der Waals surface area (Å²) in [6, 6.07) is 13.7. The number of carbonyl (C=O) groups is 3. The van der Waals surface area contributed by atoms with E-state index in [0.29, 0.717) is 28.6 Å². The molecule has 0 aromatic heterocycles. The van der Waals surface area contributed by atoms with Crippen LogP contribution in [0, 0.1) is 17.2 Å². The molecule has 13 nitrogen and oxygen atoms in total. The van der Waals surface area contributed by atoms with E-state index in [1.54, 1.807) is 43.3 Å². The molecule has 3 rings (SSSR count). The molecular weight excluding hydrogens is 644 g/mol. The van der Waals surface area contributed by atoms with Crippen LogP contribution < -0.4 is 20.1 Å². The first-order chi connectivity index (χ1) is 23.0. The first-order valence-electron chi connectivity index (χ1n) is 15.2. The van der Waals surface area contributed by atoms with Gasteiger partial charge in [-0.3, -0.25) is 14.6 Å². The first kappa shape index (κ1) is 38.0. The molecule has 48 heavy (non-hydrogen) atoms. The fourth-order valence-corrected chi connectivity index (χ4v) is 5.20. The Kier molecular flexibility index (Phi) is 14.8. The van der Waals surface area contributed by atoms with Gasteiger partial charge in [0.15, 0.2) is 6.61 Å². The van der Waals surface area contributed by atoms with Gasteiger partial charge in [0.05, 0.1) is 44.3 Å². The number of aliphatic hydroxyl groups is 1. The van der Waals surface area contributed by atoms with E-state index in [4.69, 9.17) is 35.3 Å². The molecule has 0 saturated heterocycles. The second-order valence-corrected chi connectivity index (χ2v) is 11.5. The maximum Gasteiger partial charge on any atom is 0.336 e. The fraction of sp³-hybridized carbons (Fsp3) is 0.441. The van der Waals surface area contributed by atoms with Crippen molar-refractivity contribution in [2.45, 2.75) is 38.8 Å². The number of nitriles is 1. The predicted octanol–water partition coefficient (Wildman–Crippen LogP) is 2.94. The summed E-state index contributed by atoms with van der Waals surface area (Å²) in [6.07, 6.45) is -0.752. The SMILES string of the molecule is COC(=O)C1=C(COCCNC(=O)COc2ccc(OCC(O)CNC(C)C)c(C#N)c2)N=C(C)C(C(=O)OC)C1c1ccccc1Cl. The van der Waals surface area contributed by atoms with E-state index in [0.717, 1.165) is 0 Å². The van der Waals surface area contributed by atoms with Crippen molar-refractivity contribution in [1.29, 1.82) is 5.26 Å². The minimum Gasteiger partial charge on any atom is -0.489 e. The molecule has 0 radical (unpaired) electrons. The smallest absolute Gasteiger partial charge is 0.336 e. The van der Waals surface area contributed by atoms with E-state index in [1.165, 1.54) is 20.3 Å². The van der Waals surface area contributed by atoms with Gasteiger partial charge in [-0.2, -0.15) is 5.26 Å².